The minimum atomic E-state index is -3.67. The van der Waals surface area contributed by atoms with Crippen LogP contribution in [0.25, 0.3) is 0 Å². The molecule has 7 nitrogen and oxygen atoms in total. The molecule has 1 aromatic heterocycles. The maximum atomic E-state index is 11.3. The van der Waals surface area contributed by atoms with Gasteiger partial charge in [-0.3, -0.25) is 0 Å². The van der Waals surface area contributed by atoms with E-state index < -0.39 is 10.0 Å². The normalized spacial score (nSPS) is 12.0. The van der Waals surface area contributed by atoms with Crippen molar-refractivity contribution in [1.82, 2.24) is 15.6 Å². The van der Waals surface area contributed by atoms with E-state index in [-0.39, 0.29) is 4.90 Å². The maximum absolute atomic E-state index is 11.3. The SMILES string of the molecule is CCNC(=NCc1ccc(S(N)(=O)=O)cc1)NCCc1ccc(Cl)nc1. The van der Waals surface area contributed by atoms with Gasteiger partial charge in [-0.05, 0) is 42.7 Å². The fourth-order valence-electron chi connectivity index (χ4n) is 2.18. The van der Waals surface area contributed by atoms with Crippen LogP contribution in [0.4, 0.5) is 0 Å². The van der Waals surface area contributed by atoms with Crippen molar-refractivity contribution in [1.29, 1.82) is 0 Å². The first-order valence-electron chi connectivity index (χ1n) is 8.13. The Kier molecular flexibility index (Phi) is 7.38. The van der Waals surface area contributed by atoms with Gasteiger partial charge >= 0.3 is 0 Å². The van der Waals surface area contributed by atoms with Crippen LogP contribution in [0.15, 0.2) is 52.5 Å². The number of nitrogens with two attached hydrogens (primary N) is 1. The number of nitrogens with zero attached hydrogens (tertiary/aromatic N) is 2. The van der Waals surface area contributed by atoms with Gasteiger partial charge in [0.05, 0.1) is 11.4 Å². The molecule has 1 aromatic carbocycles. The van der Waals surface area contributed by atoms with Gasteiger partial charge in [0.25, 0.3) is 0 Å². The molecule has 0 bridgehead atoms. The van der Waals surface area contributed by atoms with E-state index in [1.807, 2.05) is 13.0 Å². The molecule has 1 heterocycles. The lowest BCUT2D eigenvalue weighted by molar-refractivity contribution is 0.598. The number of halogens is 1. The lowest BCUT2D eigenvalue weighted by Gasteiger charge is -2.11. The first-order valence-corrected chi connectivity index (χ1v) is 10.1. The summed E-state index contributed by atoms with van der Waals surface area (Å²) in [7, 11) is -3.67. The second-order valence-corrected chi connectivity index (χ2v) is 7.50. The third kappa shape index (κ3) is 6.62. The molecule has 0 aliphatic rings. The molecule has 0 fully saturated rings. The summed E-state index contributed by atoms with van der Waals surface area (Å²) in [6, 6.07) is 10.1. The first-order chi connectivity index (χ1) is 12.4. The maximum Gasteiger partial charge on any atom is 0.238 e. The second-order valence-electron chi connectivity index (χ2n) is 5.55. The van der Waals surface area contributed by atoms with Crippen LogP contribution >= 0.6 is 11.6 Å². The summed E-state index contributed by atoms with van der Waals surface area (Å²) < 4.78 is 22.5. The molecule has 0 radical (unpaired) electrons. The third-order valence-electron chi connectivity index (χ3n) is 3.51. The van der Waals surface area contributed by atoms with Gasteiger partial charge in [0, 0.05) is 19.3 Å². The first kappa shape index (κ1) is 20.2. The molecule has 9 heteroatoms. The van der Waals surface area contributed by atoms with Gasteiger partial charge in [-0.1, -0.05) is 29.8 Å². The van der Waals surface area contributed by atoms with E-state index in [4.69, 9.17) is 16.7 Å². The fraction of sp³-hybridized carbons (Fsp3) is 0.294. The van der Waals surface area contributed by atoms with E-state index in [0.717, 1.165) is 24.1 Å². The molecule has 0 saturated carbocycles. The number of sulfonamides is 1. The number of primary sulfonamides is 1. The minimum Gasteiger partial charge on any atom is -0.357 e. The average Bonchev–Trinajstić information content (AvgIpc) is 2.61. The Balaban J connectivity index is 1.92. The van der Waals surface area contributed by atoms with Crippen molar-refractivity contribution >= 4 is 27.6 Å². The number of hydrogen-bond donors (Lipinski definition) is 3. The molecule has 0 spiro atoms. The molecule has 0 aliphatic carbocycles. The zero-order valence-electron chi connectivity index (χ0n) is 14.4. The Labute approximate surface area is 158 Å². The minimum absolute atomic E-state index is 0.0897. The number of aromatic nitrogens is 1. The molecule has 0 unspecified atom stereocenters. The van der Waals surface area contributed by atoms with Gasteiger partial charge in [0.2, 0.25) is 10.0 Å². The van der Waals surface area contributed by atoms with Crippen molar-refractivity contribution in [2.45, 2.75) is 24.8 Å². The Bertz CT molecular complexity index is 836. The standard InChI is InChI=1S/C17H22ClN5O2S/c1-2-20-17(21-10-9-14-5-8-16(18)22-11-14)23-12-13-3-6-15(7-4-13)26(19,24)25/h3-8,11H,2,9-10,12H2,1H3,(H2,19,24,25)(H2,20,21,23). The van der Waals surface area contributed by atoms with Crippen LogP contribution in [0, 0.1) is 0 Å². The van der Waals surface area contributed by atoms with Gasteiger partial charge < -0.3 is 10.6 Å². The van der Waals surface area contributed by atoms with E-state index in [1.54, 1.807) is 24.4 Å². The number of rotatable bonds is 7. The number of benzene rings is 1. The Hall–Kier alpha value is -2.16. The molecule has 140 valence electrons. The number of hydrogen-bond acceptors (Lipinski definition) is 4. The predicted molar refractivity (Wildman–Crippen MR) is 104 cm³/mol. The molecule has 0 amide bonds. The third-order valence-corrected chi connectivity index (χ3v) is 4.66. The highest BCUT2D eigenvalue weighted by Crippen LogP contribution is 2.09. The summed E-state index contributed by atoms with van der Waals surface area (Å²) in [5, 5.41) is 12.0. The van der Waals surface area contributed by atoms with Crippen LogP contribution in [0.1, 0.15) is 18.1 Å². The van der Waals surface area contributed by atoms with Crippen LogP contribution < -0.4 is 15.8 Å². The fourth-order valence-corrected chi connectivity index (χ4v) is 2.80. The van der Waals surface area contributed by atoms with E-state index in [1.165, 1.54) is 12.1 Å². The molecule has 0 aliphatic heterocycles. The van der Waals surface area contributed by atoms with E-state index in [9.17, 15) is 8.42 Å². The van der Waals surface area contributed by atoms with Gasteiger partial charge in [-0.2, -0.15) is 0 Å². The van der Waals surface area contributed by atoms with E-state index in [2.05, 4.69) is 20.6 Å². The zero-order valence-corrected chi connectivity index (χ0v) is 16.0. The molecule has 2 rings (SSSR count). The average molecular weight is 396 g/mol. The molecule has 0 atom stereocenters. The Morgan fingerprint density at radius 3 is 2.42 bits per heavy atom. The molecule has 26 heavy (non-hydrogen) atoms. The molecule has 4 N–H and O–H groups in total. The van der Waals surface area contributed by atoms with Crippen LogP contribution in [0.2, 0.25) is 5.15 Å². The van der Waals surface area contributed by atoms with Crippen LogP contribution in [-0.4, -0.2) is 32.5 Å². The van der Waals surface area contributed by atoms with Crippen molar-refractivity contribution in [3.63, 3.8) is 0 Å². The quantitative estimate of drug-likeness (QED) is 0.375. The summed E-state index contributed by atoms with van der Waals surface area (Å²) in [4.78, 5) is 8.64. The Morgan fingerprint density at radius 1 is 1.15 bits per heavy atom. The van der Waals surface area contributed by atoms with Gasteiger partial charge in [0.1, 0.15) is 5.15 Å². The van der Waals surface area contributed by atoms with Crippen LogP contribution in [0.3, 0.4) is 0 Å². The summed E-state index contributed by atoms with van der Waals surface area (Å²) in [6.07, 6.45) is 2.54. The summed E-state index contributed by atoms with van der Waals surface area (Å²) >= 11 is 5.78. The summed E-state index contributed by atoms with van der Waals surface area (Å²) in [6.45, 7) is 3.84. The van der Waals surface area contributed by atoms with Crippen LogP contribution in [0.5, 0.6) is 0 Å². The molecular weight excluding hydrogens is 374 g/mol. The van der Waals surface area contributed by atoms with Crippen molar-refractivity contribution in [2.75, 3.05) is 13.1 Å². The van der Waals surface area contributed by atoms with Gasteiger partial charge in [-0.15, -0.1) is 0 Å². The van der Waals surface area contributed by atoms with Crippen LogP contribution in [-0.2, 0) is 23.0 Å². The monoisotopic (exact) mass is 395 g/mol. The molecule has 2 aromatic rings. The summed E-state index contributed by atoms with van der Waals surface area (Å²) in [5.74, 6) is 0.685. The highest BCUT2D eigenvalue weighted by atomic mass is 35.5. The highest BCUT2D eigenvalue weighted by Gasteiger charge is 2.06. The van der Waals surface area contributed by atoms with Gasteiger partial charge in [-0.25, -0.2) is 23.5 Å². The van der Waals surface area contributed by atoms with Crippen molar-refractivity contribution in [3.05, 3.63) is 58.9 Å². The zero-order chi connectivity index (χ0) is 19.0. The highest BCUT2D eigenvalue weighted by molar-refractivity contribution is 7.89. The number of pyridine rings is 1. The smallest absolute Gasteiger partial charge is 0.238 e. The number of nitrogens with one attached hydrogen (secondary N) is 2. The molecule has 0 saturated heterocycles. The Morgan fingerprint density at radius 2 is 1.85 bits per heavy atom. The second kappa shape index (κ2) is 9.51. The largest absolute Gasteiger partial charge is 0.357 e. The lowest BCUT2D eigenvalue weighted by Crippen LogP contribution is -2.38. The topological polar surface area (TPSA) is 109 Å². The van der Waals surface area contributed by atoms with E-state index in [0.29, 0.717) is 24.2 Å². The lowest BCUT2D eigenvalue weighted by atomic mass is 10.2. The van der Waals surface area contributed by atoms with E-state index >= 15 is 0 Å². The van der Waals surface area contributed by atoms with Crippen molar-refractivity contribution in [2.24, 2.45) is 10.1 Å². The van der Waals surface area contributed by atoms with Crippen molar-refractivity contribution in [3.8, 4) is 0 Å². The summed E-state index contributed by atoms with van der Waals surface area (Å²) in [5.41, 5.74) is 1.97. The number of aliphatic imine (C=N–C) groups is 1. The predicted octanol–water partition coefficient (Wildman–Crippen LogP) is 1.68. The van der Waals surface area contributed by atoms with Crippen molar-refractivity contribution < 1.29 is 8.42 Å². The number of guanidine groups is 1. The molecular formula is C17H22ClN5O2S. The van der Waals surface area contributed by atoms with Gasteiger partial charge in [0.15, 0.2) is 5.96 Å².